The molecule has 1 unspecified atom stereocenters. The zero-order valence-electron chi connectivity index (χ0n) is 17.4. The van der Waals surface area contributed by atoms with Crippen LogP contribution in [0, 0.1) is 29.1 Å². The number of sulfone groups is 1. The molecular weight excluding hydrogens is 422 g/mol. The number of fused-ring (bicyclic) bond motifs is 1. The molecule has 0 aromatic carbocycles. The molecule has 3 rings (SSSR count). The summed E-state index contributed by atoms with van der Waals surface area (Å²) in [4.78, 5) is 26.0. The van der Waals surface area contributed by atoms with Gasteiger partial charge >= 0.3 is 6.03 Å². The topological polar surface area (TPSA) is 129 Å². The molecule has 3 N–H and O–H groups in total. The summed E-state index contributed by atoms with van der Waals surface area (Å²) in [5, 5.41) is 18.3. The van der Waals surface area contributed by atoms with E-state index in [1.165, 1.54) is 21.9 Å². The highest BCUT2D eigenvalue weighted by atomic mass is 32.2. The third kappa shape index (κ3) is 4.33. The third-order valence-electron chi connectivity index (χ3n) is 6.20. The number of hydroxylamine groups is 1. The molecule has 2 heterocycles. The molecule has 0 spiro atoms. The molecule has 0 bridgehead atoms. The first-order valence-electron chi connectivity index (χ1n) is 9.84. The lowest BCUT2D eigenvalue weighted by Crippen LogP contribution is -2.50. The zero-order chi connectivity index (χ0) is 22.9. The van der Waals surface area contributed by atoms with Crippen molar-refractivity contribution in [2.75, 3.05) is 19.4 Å². The van der Waals surface area contributed by atoms with Gasteiger partial charge in [0.1, 0.15) is 0 Å². The molecule has 31 heavy (non-hydrogen) atoms. The number of carbonyl (C=O) groups is 2. The molecule has 1 saturated carbocycles. The van der Waals surface area contributed by atoms with Crippen molar-refractivity contribution in [3.8, 4) is 23.7 Å². The first-order valence-corrected chi connectivity index (χ1v) is 11.7. The van der Waals surface area contributed by atoms with Crippen molar-refractivity contribution in [3.05, 3.63) is 23.5 Å². The van der Waals surface area contributed by atoms with Crippen molar-refractivity contribution >= 4 is 21.8 Å². The summed E-state index contributed by atoms with van der Waals surface area (Å²) >= 11 is 0. The predicted molar refractivity (Wildman–Crippen MR) is 111 cm³/mol. The Hall–Kier alpha value is -2.79. The molecule has 10 heteroatoms. The number of hydrogen-bond donors (Lipinski definition) is 3. The number of hydrogen-bond acceptors (Lipinski definition) is 6. The SMILES string of the molecule is CC(CCN1Cc2cc(C#CC#CC3(CO)CCC3)cn2C1=O)(C(=O)NO)S(C)(=O)=O. The fourth-order valence-electron chi connectivity index (χ4n) is 3.59. The van der Waals surface area contributed by atoms with Crippen LogP contribution >= 0.6 is 0 Å². The number of carbonyl (C=O) groups excluding carboxylic acids is 2. The summed E-state index contributed by atoms with van der Waals surface area (Å²) in [6, 6.07) is 1.41. The van der Waals surface area contributed by atoms with Crippen LogP contribution in [0.3, 0.4) is 0 Å². The van der Waals surface area contributed by atoms with E-state index in [9.17, 15) is 23.1 Å². The fourth-order valence-corrected chi connectivity index (χ4v) is 4.44. The normalized spacial score (nSPS) is 18.6. The molecule has 1 fully saturated rings. The van der Waals surface area contributed by atoms with Gasteiger partial charge in [-0.1, -0.05) is 18.3 Å². The Morgan fingerprint density at radius 3 is 2.58 bits per heavy atom. The van der Waals surface area contributed by atoms with Gasteiger partial charge in [-0.3, -0.25) is 14.6 Å². The fraction of sp³-hybridized carbons (Fsp3) is 0.524. The van der Waals surface area contributed by atoms with Gasteiger partial charge in [-0.25, -0.2) is 18.7 Å². The van der Waals surface area contributed by atoms with Crippen molar-refractivity contribution in [2.24, 2.45) is 5.41 Å². The highest BCUT2D eigenvalue weighted by Gasteiger charge is 2.44. The second-order valence-corrected chi connectivity index (χ2v) is 10.7. The first kappa shape index (κ1) is 22.9. The number of nitrogens with zero attached hydrogens (tertiary/aromatic N) is 2. The largest absolute Gasteiger partial charge is 0.395 e. The van der Waals surface area contributed by atoms with Crippen molar-refractivity contribution in [2.45, 2.75) is 43.9 Å². The van der Waals surface area contributed by atoms with Crippen LogP contribution in [0.5, 0.6) is 0 Å². The summed E-state index contributed by atoms with van der Waals surface area (Å²) < 4.78 is 23.7. The molecule has 166 valence electrons. The Morgan fingerprint density at radius 2 is 2.06 bits per heavy atom. The zero-order valence-corrected chi connectivity index (χ0v) is 18.3. The van der Waals surface area contributed by atoms with Gasteiger partial charge in [0.05, 0.1) is 18.6 Å². The number of aliphatic hydroxyl groups excluding tert-OH is 1. The van der Waals surface area contributed by atoms with E-state index < -0.39 is 20.5 Å². The molecule has 1 aliphatic carbocycles. The minimum absolute atomic E-state index is 0.0211. The van der Waals surface area contributed by atoms with E-state index in [2.05, 4.69) is 23.7 Å². The van der Waals surface area contributed by atoms with E-state index in [4.69, 9.17) is 5.21 Å². The molecule has 1 atom stereocenters. The van der Waals surface area contributed by atoms with E-state index in [0.29, 0.717) is 11.3 Å². The van der Waals surface area contributed by atoms with Crippen LogP contribution in [0.25, 0.3) is 0 Å². The Labute approximate surface area is 181 Å². The maximum atomic E-state index is 12.6. The average Bonchev–Trinajstić information content (AvgIpc) is 3.22. The minimum atomic E-state index is -3.83. The van der Waals surface area contributed by atoms with Gasteiger partial charge in [-0.2, -0.15) is 0 Å². The van der Waals surface area contributed by atoms with Gasteiger partial charge in [0, 0.05) is 30.3 Å². The Bertz CT molecular complexity index is 1120. The number of nitrogens with one attached hydrogen (secondary N) is 1. The summed E-state index contributed by atoms with van der Waals surface area (Å²) in [6.45, 7) is 1.52. The summed E-state index contributed by atoms with van der Waals surface area (Å²) in [6.07, 6.45) is 5.15. The van der Waals surface area contributed by atoms with Gasteiger partial charge in [0.25, 0.3) is 5.91 Å². The van der Waals surface area contributed by atoms with E-state index in [1.807, 2.05) is 0 Å². The lowest BCUT2D eigenvalue weighted by Gasteiger charge is -2.34. The van der Waals surface area contributed by atoms with Crippen molar-refractivity contribution in [1.29, 1.82) is 0 Å². The number of aliphatic hydroxyl groups is 1. The molecule has 1 aromatic heterocycles. The molecule has 0 saturated heterocycles. The molecule has 9 nitrogen and oxygen atoms in total. The van der Waals surface area contributed by atoms with Gasteiger partial charge in [-0.15, -0.1) is 0 Å². The second kappa shape index (κ2) is 8.39. The van der Waals surface area contributed by atoms with Gasteiger partial charge < -0.3 is 10.0 Å². The number of aromatic nitrogens is 1. The van der Waals surface area contributed by atoms with Crippen LogP contribution in [0.15, 0.2) is 12.3 Å². The second-order valence-electron chi connectivity index (χ2n) is 8.28. The maximum absolute atomic E-state index is 12.6. The van der Waals surface area contributed by atoms with Crippen LogP contribution < -0.4 is 5.48 Å². The third-order valence-corrected chi connectivity index (χ3v) is 8.22. The Balaban J connectivity index is 1.66. The van der Waals surface area contributed by atoms with Crippen molar-refractivity contribution in [3.63, 3.8) is 0 Å². The van der Waals surface area contributed by atoms with Crippen LogP contribution in [0.2, 0.25) is 0 Å². The maximum Gasteiger partial charge on any atom is 0.328 e. The molecule has 2 aliphatic rings. The summed E-state index contributed by atoms with van der Waals surface area (Å²) in [5.74, 6) is 10.4. The number of rotatable bonds is 6. The van der Waals surface area contributed by atoms with Crippen LogP contribution in [-0.4, -0.2) is 64.3 Å². The van der Waals surface area contributed by atoms with E-state index in [0.717, 1.165) is 25.5 Å². The smallest absolute Gasteiger partial charge is 0.328 e. The minimum Gasteiger partial charge on any atom is -0.395 e. The first-order chi connectivity index (χ1) is 14.5. The van der Waals surface area contributed by atoms with E-state index >= 15 is 0 Å². The number of amides is 2. The quantitative estimate of drug-likeness (QED) is 0.331. The average molecular weight is 448 g/mol. The van der Waals surface area contributed by atoms with Crippen LogP contribution in [-0.2, 0) is 21.2 Å². The lowest BCUT2D eigenvalue weighted by molar-refractivity contribution is -0.131. The lowest BCUT2D eigenvalue weighted by atomic mass is 9.70. The van der Waals surface area contributed by atoms with Gasteiger partial charge in [-0.05, 0) is 44.1 Å². The molecule has 2 amide bonds. The molecular formula is C21H25N3O6S. The van der Waals surface area contributed by atoms with Crippen LogP contribution in [0.1, 0.15) is 43.9 Å². The Kier molecular flexibility index (Phi) is 6.19. The molecule has 0 radical (unpaired) electrons. The Morgan fingerprint density at radius 1 is 1.35 bits per heavy atom. The standard InChI is InChI=1S/C21H25N3O6S/c1-20(18(26)22-28,31(2,29)30)10-11-23-14-17-12-16(13-24(17)19(23)27)6-3-4-7-21(15-25)8-5-9-21/h12-13,25,28H,5,8-11,14-15H2,1-2H3,(H,22,26). The van der Waals surface area contributed by atoms with Crippen molar-refractivity contribution < 1.29 is 28.3 Å². The van der Waals surface area contributed by atoms with Gasteiger partial charge in [0.2, 0.25) is 0 Å². The predicted octanol–water partition coefficient (Wildman–Crippen LogP) is 0.488. The van der Waals surface area contributed by atoms with Crippen LogP contribution in [0.4, 0.5) is 4.79 Å². The molecule has 1 aromatic rings. The summed E-state index contributed by atoms with van der Waals surface area (Å²) in [5.41, 5.74) is 2.40. The van der Waals surface area contributed by atoms with Crippen molar-refractivity contribution in [1.82, 2.24) is 14.9 Å². The highest BCUT2D eigenvalue weighted by molar-refractivity contribution is 7.92. The highest BCUT2D eigenvalue weighted by Crippen LogP contribution is 2.39. The monoisotopic (exact) mass is 447 g/mol. The molecule has 1 aliphatic heterocycles. The summed E-state index contributed by atoms with van der Waals surface area (Å²) in [7, 11) is -3.83. The van der Waals surface area contributed by atoms with Gasteiger partial charge in [0.15, 0.2) is 14.6 Å². The van der Waals surface area contributed by atoms with E-state index in [-0.39, 0.29) is 37.6 Å². The van der Waals surface area contributed by atoms with E-state index in [1.54, 1.807) is 12.3 Å².